The number of aliphatic hydroxyl groups excluding tert-OH is 1. The maximum Gasteiger partial charge on any atom is 0.306 e. The molecule has 0 aliphatic heterocycles. The minimum absolute atomic E-state index is 0.187. The third-order valence-corrected chi connectivity index (χ3v) is 8.92. The molecule has 0 aromatic carbocycles. The minimum Gasteiger partial charge on any atom is -0.457 e. The van der Waals surface area contributed by atoms with Gasteiger partial charge in [0.15, 0.2) is 0 Å². The summed E-state index contributed by atoms with van der Waals surface area (Å²) in [5.74, 6) is -0.239. The van der Waals surface area contributed by atoms with Gasteiger partial charge in [0.2, 0.25) is 0 Å². The number of carbonyl (C=O) groups excluding carboxylic acids is 1. The molecule has 1 unspecified atom stereocenters. The summed E-state index contributed by atoms with van der Waals surface area (Å²) in [7, 11) is 0. The Morgan fingerprint density at radius 1 is 0.521 bits per heavy atom. The lowest BCUT2D eigenvalue weighted by Gasteiger charge is -2.15. The summed E-state index contributed by atoms with van der Waals surface area (Å²) >= 11 is 0. The molecule has 4 heteroatoms. The van der Waals surface area contributed by atoms with E-state index in [1.54, 1.807) is 0 Å². The summed E-state index contributed by atoms with van der Waals surface area (Å²) in [6, 6.07) is 0. The average molecular weight is 673 g/mol. The SMILES string of the molecule is CC/C=C\C/C=C\C/C=C\C/C=C\CCCCC(=O)OC(CO)COCCCCCCCCCCCCCCCCCCCCCCC. The zero-order valence-electron chi connectivity index (χ0n) is 32.0. The lowest BCUT2D eigenvalue weighted by molar-refractivity contribution is -0.154. The number of ether oxygens (including phenoxy) is 2. The normalized spacial score (nSPS) is 12.8. The Bertz CT molecular complexity index is 753. The van der Waals surface area contributed by atoms with Crippen LogP contribution in [0, 0.1) is 0 Å². The Kier molecular flexibility index (Phi) is 40.1. The van der Waals surface area contributed by atoms with E-state index < -0.39 is 6.10 Å². The van der Waals surface area contributed by atoms with Gasteiger partial charge < -0.3 is 14.6 Å². The number of unbranched alkanes of at least 4 members (excludes halogenated alkanes) is 22. The fourth-order valence-electron chi connectivity index (χ4n) is 5.85. The number of aliphatic hydroxyl groups is 1. The molecule has 0 heterocycles. The summed E-state index contributed by atoms with van der Waals surface area (Å²) in [6.07, 6.45) is 53.2. The van der Waals surface area contributed by atoms with Gasteiger partial charge in [-0.2, -0.15) is 0 Å². The standard InChI is InChI=1S/C44H80O4/c1-3-5-7-9-11-13-15-17-19-20-21-22-23-24-26-28-30-32-34-36-38-40-47-42-43(41-45)48-44(46)39-37-35-33-31-29-27-25-18-16-14-12-10-8-6-4-2/h6,8,12,14,18,25,29,31,43,45H,3-5,7,9-11,13,15-17,19-24,26-28,30,32-42H2,1-2H3/b8-6-,14-12-,25-18-,31-29-. The number of hydrogen-bond acceptors (Lipinski definition) is 4. The Morgan fingerprint density at radius 3 is 1.38 bits per heavy atom. The van der Waals surface area contributed by atoms with Crippen molar-refractivity contribution in [2.24, 2.45) is 0 Å². The van der Waals surface area contributed by atoms with E-state index in [4.69, 9.17) is 9.47 Å². The summed E-state index contributed by atoms with van der Waals surface area (Å²) in [5, 5.41) is 9.58. The molecule has 4 nitrogen and oxygen atoms in total. The Hall–Kier alpha value is -1.65. The van der Waals surface area contributed by atoms with Crippen LogP contribution in [-0.4, -0.2) is 37.0 Å². The first-order valence-electron chi connectivity index (χ1n) is 20.7. The predicted molar refractivity (Wildman–Crippen MR) is 210 cm³/mol. The molecule has 1 N–H and O–H groups in total. The zero-order chi connectivity index (χ0) is 34.9. The van der Waals surface area contributed by atoms with Gasteiger partial charge in [0, 0.05) is 13.0 Å². The molecule has 48 heavy (non-hydrogen) atoms. The number of carbonyl (C=O) groups is 1. The van der Waals surface area contributed by atoms with Crippen molar-refractivity contribution in [1.82, 2.24) is 0 Å². The maximum atomic E-state index is 12.2. The average Bonchev–Trinajstić information content (AvgIpc) is 3.09. The van der Waals surface area contributed by atoms with Gasteiger partial charge in [-0.15, -0.1) is 0 Å². The lowest BCUT2D eigenvalue weighted by atomic mass is 10.0. The molecule has 1 atom stereocenters. The van der Waals surface area contributed by atoms with E-state index in [1.807, 2.05) is 0 Å². The van der Waals surface area contributed by atoms with Crippen molar-refractivity contribution in [2.45, 2.75) is 206 Å². The van der Waals surface area contributed by atoms with Crippen LogP contribution in [0.4, 0.5) is 0 Å². The number of esters is 1. The van der Waals surface area contributed by atoms with E-state index in [0.29, 0.717) is 13.0 Å². The van der Waals surface area contributed by atoms with Crippen LogP contribution in [0.15, 0.2) is 48.6 Å². The molecule has 0 rings (SSSR count). The van der Waals surface area contributed by atoms with Gasteiger partial charge in [0.25, 0.3) is 0 Å². The topological polar surface area (TPSA) is 55.8 Å². The van der Waals surface area contributed by atoms with E-state index in [-0.39, 0.29) is 19.2 Å². The number of hydrogen-bond donors (Lipinski definition) is 1. The molecule has 0 saturated heterocycles. The van der Waals surface area contributed by atoms with Gasteiger partial charge in [-0.1, -0.05) is 191 Å². The Balaban J connectivity index is 3.44. The molecule has 0 amide bonds. The highest BCUT2D eigenvalue weighted by Crippen LogP contribution is 2.15. The Morgan fingerprint density at radius 2 is 0.938 bits per heavy atom. The molecule has 0 aromatic heterocycles. The highest BCUT2D eigenvalue weighted by atomic mass is 16.6. The van der Waals surface area contributed by atoms with E-state index in [9.17, 15) is 9.90 Å². The summed E-state index contributed by atoms with van der Waals surface area (Å²) in [5.41, 5.74) is 0. The number of allylic oxidation sites excluding steroid dienone is 8. The summed E-state index contributed by atoms with van der Waals surface area (Å²) in [6.45, 7) is 5.21. The third-order valence-electron chi connectivity index (χ3n) is 8.92. The smallest absolute Gasteiger partial charge is 0.306 e. The predicted octanol–water partition coefficient (Wildman–Crippen LogP) is 13.5. The third kappa shape index (κ3) is 38.8. The maximum absolute atomic E-state index is 12.2. The van der Waals surface area contributed by atoms with Crippen LogP contribution in [0.3, 0.4) is 0 Å². The van der Waals surface area contributed by atoms with Gasteiger partial charge in [-0.3, -0.25) is 4.79 Å². The van der Waals surface area contributed by atoms with Gasteiger partial charge in [-0.05, 0) is 51.4 Å². The van der Waals surface area contributed by atoms with Crippen LogP contribution in [0.5, 0.6) is 0 Å². The lowest BCUT2D eigenvalue weighted by Crippen LogP contribution is -2.27. The molecule has 0 aromatic rings. The van der Waals surface area contributed by atoms with E-state index >= 15 is 0 Å². The van der Waals surface area contributed by atoms with Crippen molar-refractivity contribution in [1.29, 1.82) is 0 Å². The molecule has 0 spiro atoms. The second-order valence-corrected chi connectivity index (χ2v) is 13.7. The molecule has 0 aliphatic rings. The van der Waals surface area contributed by atoms with Crippen LogP contribution in [0.2, 0.25) is 0 Å². The van der Waals surface area contributed by atoms with Gasteiger partial charge in [0.1, 0.15) is 6.10 Å². The van der Waals surface area contributed by atoms with Gasteiger partial charge in [-0.25, -0.2) is 0 Å². The monoisotopic (exact) mass is 673 g/mol. The quantitative estimate of drug-likeness (QED) is 0.0403. The highest BCUT2D eigenvalue weighted by Gasteiger charge is 2.13. The first-order chi connectivity index (χ1) is 23.7. The molecule has 0 saturated carbocycles. The largest absolute Gasteiger partial charge is 0.457 e. The molecule has 0 aliphatic carbocycles. The van der Waals surface area contributed by atoms with E-state index in [0.717, 1.165) is 51.4 Å². The van der Waals surface area contributed by atoms with Crippen molar-refractivity contribution in [2.75, 3.05) is 19.8 Å². The molecule has 0 radical (unpaired) electrons. The zero-order valence-corrected chi connectivity index (χ0v) is 32.0. The molecule has 0 fully saturated rings. The molecular formula is C44H80O4. The van der Waals surface area contributed by atoms with E-state index in [2.05, 4.69) is 62.5 Å². The van der Waals surface area contributed by atoms with Crippen LogP contribution in [0.1, 0.15) is 200 Å². The van der Waals surface area contributed by atoms with Crippen molar-refractivity contribution in [3.63, 3.8) is 0 Å². The van der Waals surface area contributed by atoms with Crippen LogP contribution >= 0.6 is 0 Å². The van der Waals surface area contributed by atoms with E-state index in [1.165, 1.54) is 128 Å². The Labute approximate surface area is 299 Å². The minimum atomic E-state index is -0.554. The van der Waals surface area contributed by atoms with Crippen molar-refractivity contribution >= 4 is 5.97 Å². The summed E-state index contributed by atoms with van der Waals surface area (Å²) < 4.78 is 11.1. The van der Waals surface area contributed by atoms with Crippen molar-refractivity contribution < 1.29 is 19.4 Å². The van der Waals surface area contributed by atoms with Gasteiger partial charge >= 0.3 is 5.97 Å². The molecular weight excluding hydrogens is 592 g/mol. The first kappa shape index (κ1) is 46.4. The summed E-state index contributed by atoms with van der Waals surface area (Å²) in [4.78, 5) is 12.2. The van der Waals surface area contributed by atoms with Crippen molar-refractivity contribution in [3.05, 3.63) is 48.6 Å². The fourth-order valence-corrected chi connectivity index (χ4v) is 5.85. The molecule has 280 valence electrons. The van der Waals surface area contributed by atoms with Crippen LogP contribution < -0.4 is 0 Å². The molecule has 0 bridgehead atoms. The first-order valence-corrected chi connectivity index (χ1v) is 20.7. The van der Waals surface area contributed by atoms with Gasteiger partial charge in [0.05, 0.1) is 13.2 Å². The number of rotatable bonds is 38. The van der Waals surface area contributed by atoms with Crippen LogP contribution in [-0.2, 0) is 14.3 Å². The van der Waals surface area contributed by atoms with Crippen molar-refractivity contribution in [3.8, 4) is 0 Å². The fraction of sp³-hybridized carbons (Fsp3) is 0.795. The second-order valence-electron chi connectivity index (χ2n) is 13.7. The highest BCUT2D eigenvalue weighted by molar-refractivity contribution is 5.69. The van der Waals surface area contributed by atoms with Crippen LogP contribution in [0.25, 0.3) is 0 Å². The second kappa shape index (κ2) is 41.5.